The van der Waals surface area contributed by atoms with E-state index < -0.39 is 0 Å². The number of benzene rings is 2. The molecular weight excluding hydrogens is 348 g/mol. The molecule has 0 bridgehead atoms. The van der Waals surface area contributed by atoms with Gasteiger partial charge in [-0.05, 0) is 56.5 Å². The number of carbonyl (C=O) groups excluding carboxylic acids is 2. The van der Waals surface area contributed by atoms with E-state index in [0.717, 1.165) is 33.6 Å². The molecule has 1 aliphatic heterocycles. The minimum Gasteiger partial charge on any atom is -0.325 e. The summed E-state index contributed by atoms with van der Waals surface area (Å²) in [7, 11) is 0. The number of nitrogens with one attached hydrogen (secondary N) is 1. The molecule has 4 nitrogen and oxygen atoms in total. The summed E-state index contributed by atoms with van der Waals surface area (Å²) < 4.78 is 0. The van der Waals surface area contributed by atoms with Crippen LogP contribution in [0.2, 0.25) is 5.02 Å². The Kier molecular flexibility index (Phi) is 5.05. The van der Waals surface area contributed by atoms with E-state index in [1.807, 2.05) is 52.0 Å². The van der Waals surface area contributed by atoms with Gasteiger partial charge < -0.3 is 10.2 Å². The first-order valence-corrected chi connectivity index (χ1v) is 9.09. The largest absolute Gasteiger partial charge is 0.325 e. The predicted octanol–water partition coefficient (Wildman–Crippen LogP) is 4.57. The molecule has 1 unspecified atom stereocenters. The van der Waals surface area contributed by atoms with Crippen molar-refractivity contribution in [3.8, 4) is 0 Å². The molecule has 0 aromatic heterocycles. The highest BCUT2D eigenvalue weighted by Gasteiger charge is 2.35. The molecule has 1 aliphatic rings. The second-order valence-electron chi connectivity index (χ2n) is 7.10. The summed E-state index contributed by atoms with van der Waals surface area (Å²) in [4.78, 5) is 26.8. The monoisotopic (exact) mass is 370 g/mol. The van der Waals surface area contributed by atoms with Crippen LogP contribution < -0.4 is 10.2 Å². The topological polar surface area (TPSA) is 49.4 Å². The Morgan fingerprint density at radius 3 is 2.35 bits per heavy atom. The number of halogens is 1. The Bertz CT molecular complexity index is 869. The molecular formula is C21H23ClN2O2. The van der Waals surface area contributed by atoms with E-state index in [4.69, 9.17) is 11.6 Å². The summed E-state index contributed by atoms with van der Waals surface area (Å²) in [5, 5.41) is 3.64. The SMILES string of the molecule is Cc1cc(C)c(NC(=O)C2CC(=O)N(c3ccc(C)c(Cl)c3)C2)c(C)c1. The Morgan fingerprint density at radius 1 is 1.08 bits per heavy atom. The number of carbonyl (C=O) groups is 2. The third-order valence-electron chi connectivity index (χ3n) is 4.89. The van der Waals surface area contributed by atoms with Crippen LogP contribution in [0.5, 0.6) is 0 Å². The van der Waals surface area contributed by atoms with Crippen LogP contribution >= 0.6 is 11.6 Å². The lowest BCUT2D eigenvalue weighted by Gasteiger charge is -2.18. The number of amides is 2. The van der Waals surface area contributed by atoms with Crippen LogP contribution in [0, 0.1) is 33.6 Å². The normalized spacial score (nSPS) is 16.9. The zero-order valence-electron chi connectivity index (χ0n) is 15.5. The van der Waals surface area contributed by atoms with Crippen LogP contribution in [0.1, 0.15) is 28.7 Å². The van der Waals surface area contributed by atoms with E-state index in [1.165, 1.54) is 0 Å². The van der Waals surface area contributed by atoms with Crippen LogP contribution in [0.25, 0.3) is 0 Å². The molecule has 1 saturated heterocycles. The standard InChI is InChI=1S/C21H23ClN2O2/c1-12-7-14(3)20(15(4)8-12)23-21(26)16-9-19(25)24(11-16)17-6-5-13(2)18(22)10-17/h5-8,10,16H,9,11H2,1-4H3,(H,23,26). The summed E-state index contributed by atoms with van der Waals surface area (Å²) in [5.74, 6) is -0.542. The van der Waals surface area contributed by atoms with Crippen LogP contribution in [0.15, 0.2) is 30.3 Å². The van der Waals surface area contributed by atoms with Crippen molar-refractivity contribution in [3.63, 3.8) is 0 Å². The van der Waals surface area contributed by atoms with Gasteiger partial charge in [-0.2, -0.15) is 0 Å². The number of anilines is 2. The van der Waals surface area contributed by atoms with Gasteiger partial charge in [0.25, 0.3) is 0 Å². The second kappa shape index (κ2) is 7.12. The van der Waals surface area contributed by atoms with Crippen molar-refractivity contribution in [2.24, 2.45) is 5.92 Å². The van der Waals surface area contributed by atoms with Crippen LogP contribution in [-0.2, 0) is 9.59 Å². The molecule has 1 N–H and O–H groups in total. The van der Waals surface area contributed by atoms with Gasteiger partial charge in [0, 0.05) is 29.4 Å². The lowest BCUT2D eigenvalue weighted by molar-refractivity contribution is -0.122. The molecule has 1 atom stereocenters. The van der Waals surface area contributed by atoms with E-state index in [-0.39, 0.29) is 24.2 Å². The zero-order valence-corrected chi connectivity index (χ0v) is 16.3. The van der Waals surface area contributed by atoms with Crippen molar-refractivity contribution in [3.05, 3.63) is 57.6 Å². The minimum absolute atomic E-state index is 0.0533. The third-order valence-corrected chi connectivity index (χ3v) is 5.30. The predicted molar refractivity (Wildman–Crippen MR) is 106 cm³/mol. The summed E-state index contributed by atoms with van der Waals surface area (Å²) in [6.07, 6.45) is 0.210. The van der Waals surface area contributed by atoms with Gasteiger partial charge in [0.1, 0.15) is 0 Å². The Hall–Kier alpha value is -2.33. The minimum atomic E-state index is -0.373. The molecule has 5 heteroatoms. The van der Waals surface area contributed by atoms with Gasteiger partial charge >= 0.3 is 0 Å². The second-order valence-corrected chi connectivity index (χ2v) is 7.51. The van der Waals surface area contributed by atoms with Crippen molar-refractivity contribution in [1.29, 1.82) is 0 Å². The van der Waals surface area contributed by atoms with Gasteiger partial charge in [0.05, 0.1) is 5.92 Å². The molecule has 2 amide bonds. The molecule has 0 spiro atoms. The van der Waals surface area contributed by atoms with Crippen molar-refractivity contribution in [2.75, 3.05) is 16.8 Å². The van der Waals surface area contributed by atoms with Crippen LogP contribution in [0.4, 0.5) is 11.4 Å². The van der Waals surface area contributed by atoms with Crippen molar-refractivity contribution >= 4 is 34.8 Å². The highest BCUT2D eigenvalue weighted by molar-refractivity contribution is 6.31. The van der Waals surface area contributed by atoms with Crippen molar-refractivity contribution < 1.29 is 9.59 Å². The highest BCUT2D eigenvalue weighted by Crippen LogP contribution is 2.30. The Morgan fingerprint density at radius 2 is 1.73 bits per heavy atom. The number of nitrogens with zero attached hydrogens (tertiary/aromatic N) is 1. The zero-order chi connectivity index (χ0) is 19.0. The molecule has 0 radical (unpaired) electrons. The summed E-state index contributed by atoms with van der Waals surface area (Å²) >= 11 is 6.18. The first-order valence-electron chi connectivity index (χ1n) is 8.71. The van der Waals surface area contributed by atoms with Crippen molar-refractivity contribution in [2.45, 2.75) is 34.1 Å². The van der Waals surface area contributed by atoms with Crippen LogP contribution in [-0.4, -0.2) is 18.4 Å². The van der Waals surface area contributed by atoms with Gasteiger partial charge in [-0.25, -0.2) is 0 Å². The van der Waals surface area contributed by atoms with E-state index in [2.05, 4.69) is 5.32 Å². The molecule has 3 rings (SSSR count). The average molecular weight is 371 g/mol. The van der Waals surface area contributed by atoms with Crippen LogP contribution in [0.3, 0.4) is 0 Å². The fraction of sp³-hybridized carbons (Fsp3) is 0.333. The van der Waals surface area contributed by atoms with Gasteiger partial charge in [0.15, 0.2) is 0 Å². The molecule has 2 aromatic carbocycles. The Balaban J connectivity index is 1.76. The van der Waals surface area contributed by atoms with E-state index in [0.29, 0.717) is 11.6 Å². The molecule has 1 fully saturated rings. The summed E-state index contributed by atoms with van der Waals surface area (Å²) in [6, 6.07) is 9.63. The fourth-order valence-corrected chi connectivity index (χ4v) is 3.66. The van der Waals surface area contributed by atoms with Gasteiger partial charge in [-0.1, -0.05) is 35.4 Å². The lowest BCUT2D eigenvalue weighted by Crippen LogP contribution is -2.28. The highest BCUT2D eigenvalue weighted by atomic mass is 35.5. The number of hydrogen-bond donors (Lipinski definition) is 1. The third kappa shape index (κ3) is 3.61. The molecule has 136 valence electrons. The van der Waals surface area contributed by atoms with Gasteiger partial charge in [-0.15, -0.1) is 0 Å². The fourth-order valence-electron chi connectivity index (χ4n) is 3.48. The molecule has 2 aromatic rings. The van der Waals surface area contributed by atoms with Crippen molar-refractivity contribution in [1.82, 2.24) is 0 Å². The van der Waals surface area contributed by atoms with Gasteiger partial charge in [-0.3, -0.25) is 9.59 Å². The number of rotatable bonds is 3. The summed E-state index contributed by atoms with van der Waals surface area (Å²) in [6.45, 7) is 8.28. The maximum absolute atomic E-state index is 12.7. The Labute approximate surface area is 159 Å². The maximum Gasteiger partial charge on any atom is 0.229 e. The maximum atomic E-state index is 12.7. The van der Waals surface area contributed by atoms with E-state index in [1.54, 1.807) is 11.0 Å². The number of hydrogen-bond acceptors (Lipinski definition) is 2. The quantitative estimate of drug-likeness (QED) is 0.860. The van der Waals surface area contributed by atoms with E-state index in [9.17, 15) is 9.59 Å². The summed E-state index contributed by atoms with van der Waals surface area (Å²) in [5.41, 5.74) is 5.76. The first kappa shape index (κ1) is 18.5. The molecule has 0 saturated carbocycles. The first-order chi connectivity index (χ1) is 12.3. The molecule has 0 aliphatic carbocycles. The van der Waals surface area contributed by atoms with Gasteiger partial charge in [0.2, 0.25) is 11.8 Å². The molecule has 26 heavy (non-hydrogen) atoms. The van der Waals surface area contributed by atoms with E-state index >= 15 is 0 Å². The lowest BCUT2D eigenvalue weighted by atomic mass is 10.0. The number of aryl methyl sites for hydroxylation is 4. The average Bonchev–Trinajstić information content (AvgIpc) is 2.95. The molecule has 1 heterocycles. The smallest absolute Gasteiger partial charge is 0.229 e.